The first-order valence-electron chi connectivity index (χ1n) is 13.1. The summed E-state index contributed by atoms with van der Waals surface area (Å²) in [5.74, 6) is 0. The third kappa shape index (κ3) is 22.2. The van der Waals surface area contributed by atoms with Gasteiger partial charge in [0.15, 0.2) is 0 Å². The highest BCUT2D eigenvalue weighted by Gasteiger charge is 2.13. The maximum Gasteiger partial charge on any atom is -0.0357 e. The van der Waals surface area contributed by atoms with E-state index in [1.165, 1.54) is 141 Å². The summed E-state index contributed by atoms with van der Waals surface area (Å²) in [6.45, 7) is 9.47. The second-order valence-corrected chi connectivity index (χ2v) is 9.99. The van der Waals surface area contributed by atoms with Gasteiger partial charge in [0.25, 0.3) is 0 Å². The van der Waals surface area contributed by atoms with Gasteiger partial charge in [0, 0.05) is 0 Å². The van der Waals surface area contributed by atoms with Crippen molar-refractivity contribution in [1.29, 1.82) is 0 Å². The molecule has 0 radical (unpaired) electrons. The fourth-order valence-electron chi connectivity index (χ4n) is 4.04. The molecule has 27 heavy (non-hydrogen) atoms. The molecule has 0 heterocycles. The van der Waals surface area contributed by atoms with Crippen LogP contribution in [-0.2, 0) is 0 Å². The zero-order valence-corrected chi connectivity index (χ0v) is 20.1. The topological polar surface area (TPSA) is 0 Å². The Balaban J connectivity index is 3.05. The van der Waals surface area contributed by atoms with E-state index in [9.17, 15) is 0 Å². The molecule has 0 aliphatic rings. The largest absolute Gasteiger partial charge is 0.0654 e. The highest BCUT2D eigenvalue weighted by atomic mass is 14.2. The molecule has 0 fully saturated rings. The Bertz CT molecular complexity index is 265. The molecular formula is C27H56. The fourth-order valence-corrected chi connectivity index (χ4v) is 4.04. The Labute approximate surface area is 174 Å². The van der Waals surface area contributed by atoms with Crippen molar-refractivity contribution in [2.24, 2.45) is 5.41 Å². The van der Waals surface area contributed by atoms with E-state index in [0.717, 1.165) is 0 Å². The van der Waals surface area contributed by atoms with Crippen LogP contribution in [0.1, 0.15) is 169 Å². The van der Waals surface area contributed by atoms with Crippen LogP contribution in [0.25, 0.3) is 0 Å². The van der Waals surface area contributed by atoms with E-state index >= 15 is 0 Å². The first-order valence-corrected chi connectivity index (χ1v) is 13.1. The minimum atomic E-state index is 0.578. The minimum absolute atomic E-state index is 0.578. The minimum Gasteiger partial charge on any atom is -0.0654 e. The van der Waals surface area contributed by atoms with Gasteiger partial charge in [-0.1, -0.05) is 163 Å². The van der Waals surface area contributed by atoms with Crippen molar-refractivity contribution in [3.8, 4) is 0 Å². The van der Waals surface area contributed by atoms with E-state index in [-0.39, 0.29) is 0 Å². The second-order valence-electron chi connectivity index (χ2n) is 9.99. The highest BCUT2D eigenvalue weighted by Crippen LogP contribution is 2.27. The first-order chi connectivity index (χ1) is 13.1. The molecule has 0 aromatic heterocycles. The Morgan fingerprint density at radius 2 is 0.630 bits per heavy atom. The highest BCUT2D eigenvalue weighted by molar-refractivity contribution is 4.65. The third-order valence-corrected chi connectivity index (χ3v) is 6.66. The van der Waals surface area contributed by atoms with Gasteiger partial charge in [-0.25, -0.2) is 0 Å². The Morgan fingerprint density at radius 1 is 0.370 bits per heavy atom. The molecule has 0 saturated heterocycles. The summed E-state index contributed by atoms with van der Waals surface area (Å²) in [5, 5.41) is 0. The fraction of sp³-hybridized carbons (Fsp3) is 1.00. The van der Waals surface area contributed by atoms with Crippen molar-refractivity contribution in [2.45, 2.75) is 169 Å². The van der Waals surface area contributed by atoms with Crippen molar-refractivity contribution in [3.63, 3.8) is 0 Å². The molecule has 164 valence electrons. The molecule has 0 amide bonds. The summed E-state index contributed by atoms with van der Waals surface area (Å²) in [5.41, 5.74) is 0.578. The van der Waals surface area contributed by atoms with Gasteiger partial charge in [0.1, 0.15) is 0 Å². The van der Waals surface area contributed by atoms with Gasteiger partial charge in [-0.2, -0.15) is 0 Å². The van der Waals surface area contributed by atoms with E-state index in [0.29, 0.717) is 5.41 Å². The van der Waals surface area contributed by atoms with Crippen LogP contribution in [0.3, 0.4) is 0 Å². The molecule has 0 rings (SSSR count). The van der Waals surface area contributed by atoms with E-state index in [1.54, 1.807) is 0 Å². The van der Waals surface area contributed by atoms with Crippen molar-refractivity contribution >= 4 is 0 Å². The van der Waals surface area contributed by atoms with Gasteiger partial charge in [-0.15, -0.1) is 0 Å². The van der Waals surface area contributed by atoms with Gasteiger partial charge < -0.3 is 0 Å². The van der Waals surface area contributed by atoms with Crippen molar-refractivity contribution in [3.05, 3.63) is 0 Å². The Kier molecular flexibility index (Phi) is 20.7. The number of hydrogen-bond acceptors (Lipinski definition) is 0. The lowest BCUT2D eigenvalue weighted by molar-refractivity contribution is 0.307. The lowest BCUT2D eigenvalue weighted by atomic mass is 9.84. The molecule has 0 bridgehead atoms. The second kappa shape index (κ2) is 20.7. The Hall–Kier alpha value is 0. The van der Waals surface area contributed by atoms with Crippen molar-refractivity contribution < 1.29 is 0 Å². The van der Waals surface area contributed by atoms with Crippen LogP contribution in [0.4, 0.5) is 0 Å². The molecular weight excluding hydrogens is 324 g/mol. The third-order valence-electron chi connectivity index (χ3n) is 6.66. The van der Waals surface area contributed by atoms with Gasteiger partial charge in [0.2, 0.25) is 0 Å². The van der Waals surface area contributed by atoms with E-state index in [2.05, 4.69) is 27.7 Å². The summed E-state index contributed by atoms with van der Waals surface area (Å²) < 4.78 is 0. The van der Waals surface area contributed by atoms with E-state index in [4.69, 9.17) is 0 Å². The van der Waals surface area contributed by atoms with Crippen LogP contribution in [0.5, 0.6) is 0 Å². The zero-order chi connectivity index (χ0) is 20.1. The first kappa shape index (κ1) is 27.0. The SMILES string of the molecule is CCCCCCCCCCCCCCCCCCCCCCC(C)(C)CC. The molecule has 0 N–H and O–H groups in total. The summed E-state index contributed by atoms with van der Waals surface area (Å²) in [4.78, 5) is 0. The number of unbranched alkanes of at least 4 members (excludes halogenated alkanes) is 19. The molecule has 0 unspecified atom stereocenters. The predicted octanol–water partition coefficient (Wildman–Crippen LogP) is 10.6. The van der Waals surface area contributed by atoms with Crippen LogP contribution in [0, 0.1) is 5.41 Å². The van der Waals surface area contributed by atoms with E-state index in [1.807, 2.05) is 0 Å². The van der Waals surface area contributed by atoms with E-state index < -0.39 is 0 Å². The maximum atomic E-state index is 2.42. The van der Waals surface area contributed by atoms with Gasteiger partial charge in [0.05, 0.1) is 0 Å². The summed E-state index contributed by atoms with van der Waals surface area (Å²) in [7, 11) is 0. The molecule has 0 nitrogen and oxygen atoms in total. The number of rotatable bonds is 22. The van der Waals surface area contributed by atoms with Crippen LogP contribution in [0.15, 0.2) is 0 Å². The summed E-state index contributed by atoms with van der Waals surface area (Å²) in [6.07, 6.45) is 32.2. The monoisotopic (exact) mass is 380 g/mol. The average Bonchev–Trinajstić information content (AvgIpc) is 2.66. The lowest BCUT2D eigenvalue weighted by Crippen LogP contribution is -2.08. The quantitative estimate of drug-likeness (QED) is 0.164. The van der Waals surface area contributed by atoms with Crippen molar-refractivity contribution in [1.82, 2.24) is 0 Å². The number of hydrogen-bond donors (Lipinski definition) is 0. The van der Waals surface area contributed by atoms with Gasteiger partial charge in [-0.3, -0.25) is 0 Å². The lowest BCUT2D eigenvalue weighted by Gasteiger charge is -2.22. The molecule has 0 aromatic carbocycles. The van der Waals surface area contributed by atoms with Crippen LogP contribution < -0.4 is 0 Å². The van der Waals surface area contributed by atoms with Gasteiger partial charge in [-0.05, 0) is 11.8 Å². The molecule has 0 aliphatic heterocycles. The normalized spacial score (nSPS) is 12.0. The Morgan fingerprint density at radius 3 is 0.889 bits per heavy atom. The van der Waals surface area contributed by atoms with Crippen LogP contribution in [-0.4, -0.2) is 0 Å². The summed E-state index contributed by atoms with van der Waals surface area (Å²) >= 11 is 0. The average molecular weight is 381 g/mol. The molecule has 0 aromatic rings. The smallest absolute Gasteiger partial charge is 0.0357 e. The molecule has 0 spiro atoms. The molecule has 0 atom stereocenters. The molecule has 0 heteroatoms. The summed E-state index contributed by atoms with van der Waals surface area (Å²) in [6, 6.07) is 0. The van der Waals surface area contributed by atoms with Crippen LogP contribution in [0.2, 0.25) is 0 Å². The standard InChI is InChI=1S/C27H56/c1-5-7-8-9-10-11-12-13-14-15-16-17-18-19-20-21-22-23-24-25-26-27(3,4)6-2/h5-26H2,1-4H3. The van der Waals surface area contributed by atoms with Crippen LogP contribution >= 0.6 is 0 Å². The predicted molar refractivity (Wildman–Crippen MR) is 127 cm³/mol. The van der Waals surface area contributed by atoms with Gasteiger partial charge >= 0.3 is 0 Å². The zero-order valence-electron chi connectivity index (χ0n) is 20.1. The van der Waals surface area contributed by atoms with Crippen molar-refractivity contribution in [2.75, 3.05) is 0 Å². The molecule has 0 saturated carbocycles. The molecule has 0 aliphatic carbocycles. The maximum absolute atomic E-state index is 2.42.